The van der Waals surface area contributed by atoms with Crippen molar-refractivity contribution < 1.29 is 9.90 Å². The van der Waals surface area contributed by atoms with Gasteiger partial charge in [-0.15, -0.1) is 0 Å². The molecular weight excluding hydrogens is 238 g/mol. The van der Waals surface area contributed by atoms with E-state index in [9.17, 15) is 9.90 Å². The minimum Gasteiger partial charge on any atom is -0.508 e. The summed E-state index contributed by atoms with van der Waals surface area (Å²) < 4.78 is 0. The molecule has 0 aromatic heterocycles. The molecule has 106 valence electrons. The first-order valence-electron chi connectivity index (χ1n) is 7.31. The predicted octanol–water partition coefficient (Wildman–Crippen LogP) is 4.47. The SMILES string of the molecule is CCCCCCCCCC(=O)Nc1cccc(O)c1. The molecule has 0 aliphatic heterocycles. The van der Waals surface area contributed by atoms with Gasteiger partial charge in [0.05, 0.1) is 0 Å². The van der Waals surface area contributed by atoms with Crippen LogP contribution in [-0.2, 0) is 4.79 Å². The van der Waals surface area contributed by atoms with Crippen molar-refractivity contribution in [2.45, 2.75) is 58.3 Å². The third kappa shape index (κ3) is 7.50. The highest BCUT2D eigenvalue weighted by atomic mass is 16.3. The van der Waals surface area contributed by atoms with Gasteiger partial charge >= 0.3 is 0 Å². The highest BCUT2D eigenvalue weighted by molar-refractivity contribution is 5.90. The zero-order chi connectivity index (χ0) is 13.9. The second-order valence-electron chi connectivity index (χ2n) is 4.97. The minimum atomic E-state index is 0.0270. The zero-order valence-corrected chi connectivity index (χ0v) is 11.8. The number of phenols is 1. The molecule has 1 aromatic rings. The number of amides is 1. The number of carbonyl (C=O) groups excluding carboxylic acids is 1. The van der Waals surface area contributed by atoms with Crippen LogP contribution >= 0.6 is 0 Å². The number of phenolic OH excluding ortho intramolecular Hbond substituents is 1. The van der Waals surface area contributed by atoms with Crippen molar-refractivity contribution in [3.05, 3.63) is 24.3 Å². The second kappa shape index (κ2) is 9.42. The average Bonchev–Trinajstić information content (AvgIpc) is 2.37. The molecule has 2 N–H and O–H groups in total. The molecule has 0 atom stereocenters. The molecule has 1 aromatic carbocycles. The summed E-state index contributed by atoms with van der Waals surface area (Å²) in [6, 6.07) is 6.65. The van der Waals surface area contributed by atoms with Gasteiger partial charge in [-0.25, -0.2) is 0 Å². The Morgan fingerprint density at radius 1 is 1.11 bits per heavy atom. The molecule has 0 heterocycles. The Hall–Kier alpha value is -1.51. The lowest BCUT2D eigenvalue weighted by Gasteiger charge is -2.05. The van der Waals surface area contributed by atoms with Gasteiger partial charge < -0.3 is 10.4 Å². The molecule has 0 aliphatic rings. The van der Waals surface area contributed by atoms with Gasteiger partial charge in [0.1, 0.15) is 5.75 Å². The quantitative estimate of drug-likeness (QED) is 0.646. The van der Waals surface area contributed by atoms with Gasteiger partial charge in [0.2, 0.25) is 5.91 Å². The smallest absolute Gasteiger partial charge is 0.224 e. The van der Waals surface area contributed by atoms with Crippen LogP contribution in [0.15, 0.2) is 24.3 Å². The number of unbranched alkanes of at least 4 members (excludes halogenated alkanes) is 6. The molecule has 0 fully saturated rings. The van der Waals surface area contributed by atoms with Gasteiger partial charge in [-0.2, -0.15) is 0 Å². The van der Waals surface area contributed by atoms with Gasteiger partial charge in [0.25, 0.3) is 0 Å². The number of anilines is 1. The maximum Gasteiger partial charge on any atom is 0.224 e. The van der Waals surface area contributed by atoms with E-state index in [1.807, 2.05) is 0 Å². The zero-order valence-electron chi connectivity index (χ0n) is 11.8. The molecule has 3 nitrogen and oxygen atoms in total. The summed E-state index contributed by atoms with van der Waals surface area (Å²) in [5, 5.41) is 12.1. The topological polar surface area (TPSA) is 49.3 Å². The van der Waals surface area contributed by atoms with Crippen LogP contribution in [0, 0.1) is 0 Å². The molecule has 0 saturated carbocycles. The number of nitrogens with one attached hydrogen (secondary N) is 1. The van der Waals surface area contributed by atoms with E-state index in [1.165, 1.54) is 32.1 Å². The number of aromatic hydroxyl groups is 1. The normalized spacial score (nSPS) is 10.4. The van der Waals surface area contributed by atoms with E-state index in [2.05, 4.69) is 12.2 Å². The maximum atomic E-state index is 11.7. The van der Waals surface area contributed by atoms with Crippen LogP contribution < -0.4 is 5.32 Å². The van der Waals surface area contributed by atoms with Gasteiger partial charge in [-0.05, 0) is 18.6 Å². The Morgan fingerprint density at radius 2 is 1.79 bits per heavy atom. The average molecular weight is 263 g/mol. The van der Waals surface area contributed by atoms with Crippen LogP contribution in [0.2, 0.25) is 0 Å². The van der Waals surface area contributed by atoms with Crippen molar-refractivity contribution in [1.82, 2.24) is 0 Å². The third-order valence-electron chi connectivity index (χ3n) is 3.14. The number of hydrogen-bond donors (Lipinski definition) is 2. The van der Waals surface area contributed by atoms with E-state index in [4.69, 9.17) is 0 Å². The van der Waals surface area contributed by atoms with Gasteiger partial charge in [-0.1, -0.05) is 51.5 Å². The van der Waals surface area contributed by atoms with Crippen molar-refractivity contribution in [2.75, 3.05) is 5.32 Å². The fourth-order valence-corrected chi connectivity index (χ4v) is 2.05. The van der Waals surface area contributed by atoms with Crippen LogP contribution in [-0.4, -0.2) is 11.0 Å². The van der Waals surface area contributed by atoms with Crippen molar-refractivity contribution >= 4 is 11.6 Å². The Bertz CT molecular complexity index is 377. The second-order valence-corrected chi connectivity index (χ2v) is 4.97. The summed E-state index contributed by atoms with van der Waals surface area (Å²) >= 11 is 0. The lowest BCUT2D eigenvalue weighted by Crippen LogP contribution is -2.10. The van der Waals surface area contributed by atoms with E-state index >= 15 is 0 Å². The lowest BCUT2D eigenvalue weighted by molar-refractivity contribution is -0.116. The number of rotatable bonds is 9. The number of carbonyl (C=O) groups is 1. The molecule has 0 spiro atoms. The van der Waals surface area contributed by atoms with E-state index in [-0.39, 0.29) is 11.7 Å². The fourth-order valence-electron chi connectivity index (χ4n) is 2.05. The summed E-state index contributed by atoms with van der Waals surface area (Å²) in [7, 11) is 0. The Kier molecular flexibility index (Phi) is 7.71. The molecule has 0 aliphatic carbocycles. The van der Waals surface area contributed by atoms with Crippen molar-refractivity contribution in [3.63, 3.8) is 0 Å². The molecule has 0 bridgehead atoms. The first kappa shape index (κ1) is 15.5. The predicted molar refractivity (Wildman–Crippen MR) is 79.3 cm³/mol. The molecule has 0 radical (unpaired) electrons. The van der Waals surface area contributed by atoms with Gasteiger partial charge in [0.15, 0.2) is 0 Å². The first-order chi connectivity index (χ1) is 9.22. The molecule has 0 unspecified atom stereocenters. The summed E-state index contributed by atoms with van der Waals surface area (Å²) in [5.41, 5.74) is 0.660. The van der Waals surface area contributed by atoms with Crippen LogP contribution in [0.5, 0.6) is 5.75 Å². The van der Waals surface area contributed by atoms with Crippen LogP contribution in [0.25, 0.3) is 0 Å². The highest BCUT2D eigenvalue weighted by Gasteiger charge is 2.02. The van der Waals surface area contributed by atoms with E-state index in [0.717, 1.165) is 12.8 Å². The molecule has 1 rings (SSSR count). The standard InChI is InChI=1S/C16H25NO2/c1-2-3-4-5-6-7-8-12-16(19)17-14-10-9-11-15(18)13-14/h9-11,13,18H,2-8,12H2,1H3,(H,17,19). The molecule has 1 amide bonds. The molecule has 19 heavy (non-hydrogen) atoms. The number of benzene rings is 1. The van der Waals surface area contributed by atoms with Crippen LogP contribution in [0.1, 0.15) is 58.3 Å². The summed E-state index contributed by atoms with van der Waals surface area (Å²) in [5.74, 6) is 0.202. The minimum absolute atomic E-state index is 0.0270. The molecule has 3 heteroatoms. The maximum absolute atomic E-state index is 11.7. The summed E-state index contributed by atoms with van der Waals surface area (Å²) in [4.78, 5) is 11.7. The van der Waals surface area contributed by atoms with Crippen molar-refractivity contribution in [1.29, 1.82) is 0 Å². The van der Waals surface area contributed by atoms with E-state index in [1.54, 1.807) is 24.3 Å². The van der Waals surface area contributed by atoms with Crippen LogP contribution in [0.4, 0.5) is 5.69 Å². The fraction of sp³-hybridized carbons (Fsp3) is 0.562. The summed E-state index contributed by atoms with van der Waals surface area (Å²) in [6.07, 6.45) is 9.02. The molecule has 0 saturated heterocycles. The van der Waals surface area contributed by atoms with E-state index in [0.29, 0.717) is 12.1 Å². The summed E-state index contributed by atoms with van der Waals surface area (Å²) in [6.45, 7) is 2.21. The lowest BCUT2D eigenvalue weighted by atomic mass is 10.1. The molecular formula is C16H25NO2. The Labute approximate surface area is 116 Å². The highest BCUT2D eigenvalue weighted by Crippen LogP contribution is 2.16. The Morgan fingerprint density at radius 3 is 2.47 bits per heavy atom. The van der Waals surface area contributed by atoms with Crippen molar-refractivity contribution in [3.8, 4) is 5.75 Å². The van der Waals surface area contributed by atoms with E-state index < -0.39 is 0 Å². The number of hydrogen-bond acceptors (Lipinski definition) is 2. The first-order valence-corrected chi connectivity index (χ1v) is 7.31. The third-order valence-corrected chi connectivity index (χ3v) is 3.14. The largest absolute Gasteiger partial charge is 0.508 e. The Balaban J connectivity index is 2.08. The van der Waals surface area contributed by atoms with Gasteiger partial charge in [0, 0.05) is 18.2 Å². The van der Waals surface area contributed by atoms with Crippen molar-refractivity contribution in [2.24, 2.45) is 0 Å². The van der Waals surface area contributed by atoms with Gasteiger partial charge in [-0.3, -0.25) is 4.79 Å². The van der Waals surface area contributed by atoms with Crippen LogP contribution in [0.3, 0.4) is 0 Å². The monoisotopic (exact) mass is 263 g/mol.